The van der Waals surface area contributed by atoms with Gasteiger partial charge in [0.1, 0.15) is 18.2 Å². The predicted octanol–water partition coefficient (Wildman–Crippen LogP) is 0.785. The van der Waals surface area contributed by atoms with Crippen LogP contribution in [0.4, 0.5) is 17.3 Å². The Morgan fingerprint density at radius 3 is 2.70 bits per heavy atom. The Balaban J connectivity index is 1.33. The van der Waals surface area contributed by atoms with Crippen LogP contribution in [0.15, 0.2) is 41.6 Å². The zero-order chi connectivity index (χ0) is 31.6. The summed E-state index contributed by atoms with van der Waals surface area (Å²) in [5, 5.41) is 16.7. The smallest absolute Gasteiger partial charge is 0.339 e. The summed E-state index contributed by atoms with van der Waals surface area (Å²) in [4.78, 5) is 48.6. The number of fused-ring (bicyclic) bond motifs is 1. The molecule has 232 valence electrons. The van der Waals surface area contributed by atoms with E-state index >= 15 is 0 Å². The molecule has 1 saturated heterocycles. The number of rotatable bonds is 9. The zero-order valence-corrected chi connectivity index (χ0v) is 24.8. The minimum absolute atomic E-state index is 0.0320. The summed E-state index contributed by atoms with van der Waals surface area (Å²) in [5.41, 5.74) is 7.38. The van der Waals surface area contributed by atoms with Crippen molar-refractivity contribution < 1.29 is 33.4 Å². The van der Waals surface area contributed by atoms with E-state index in [-0.39, 0.29) is 41.4 Å². The fourth-order valence-corrected chi connectivity index (χ4v) is 5.82. The van der Waals surface area contributed by atoms with Crippen LogP contribution >= 0.6 is 7.75 Å². The lowest BCUT2D eigenvalue weighted by Gasteiger charge is -2.27. The second-order valence-electron chi connectivity index (χ2n) is 9.79. The van der Waals surface area contributed by atoms with Gasteiger partial charge in [-0.3, -0.25) is 18.7 Å². The third-order valence-corrected chi connectivity index (χ3v) is 8.35. The second-order valence-corrected chi connectivity index (χ2v) is 11.4. The third kappa shape index (κ3) is 6.32. The number of nitrogens with two attached hydrogens (primary N) is 1. The molecule has 0 saturated carbocycles. The van der Waals surface area contributed by atoms with E-state index in [1.165, 1.54) is 30.1 Å². The van der Waals surface area contributed by atoms with E-state index in [0.717, 1.165) is 15.7 Å². The van der Waals surface area contributed by atoms with Gasteiger partial charge in [-0.1, -0.05) is 11.8 Å². The summed E-state index contributed by atoms with van der Waals surface area (Å²) in [6.45, 7) is 0.778. The number of carbonyl (C=O) groups is 1. The SMILES string of the molecule is CNc1cc(NC)cc(C(=O)OCC#Cc2cn([C@H]3CC(O)[C@@H](COP(=O)([O-])n4ccnc4C)O3)c3nc(N)[nH]c(=O)c23)c1. The van der Waals surface area contributed by atoms with E-state index < -0.39 is 44.3 Å². The number of aromatic amines is 1. The van der Waals surface area contributed by atoms with Gasteiger partial charge < -0.3 is 44.9 Å². The number of H-pyrrole nitrogens is 1. The molecule has 4 heterocycles. The van der Waals surface area contributed by atoms with Crippen LogP contribution in [0.3, 0.4) is 0 Å². The number of aromatic nitrogens is 5. The maximum Gasteiger partial charge on any atom is 0.339 e. The van der Waals surface area contributed by atoms with Crippen molar-refractivity contribution in [3.05, 3.63) is 64.1 Å². The highest BCUT2D eigenvalue weighted by Crippen LogP contribution is 2.41. The average molecular weight is 626 g/mol. The van der Waals surface area contributed by atoms with Crippen LogP contribution in [0.25, 0.3) is 11.0 Å². The molecule has 4 atom stereocenters. The quantitative estimate of drug-likeness (QED) is 0.0987. The van der Waals surface area contributed by atoms with E-state index in [9.17, 15) is 24.2 Å². The lowest BCUT2D eigenvalue weighted by atomic mass is 10.1. The number of benzene rings is 1. The van der Waals surface area contributed by atoms with Crippen molar-refractivity contribution in [2.45, 2.75) is 31.8 Å². The number of aliphatic hydroxyl groups is 1. The summed E-state index contributed by atoms with van der Waals surface area (Å²) in [7, 11) is -1.07. The molecule has 1 aromatic carbocycles. The Hall–Kier alpha value is -4.65. The van der Waals surface area contributed by atoms with Gasteiger partial charge in [-0.15, -0.1) is 0 Å². The van der Waals surface area contributed by atoms with Crippen molar-refractivity contribution in [1.82, 2.24) is 23.9 Å². The maximum absolute atomic E-state index is 12.8. The molecule has 16 nitrogen and oxygen atoms in total. The molecule has 0 amide bonds. The summed E-state index contributed by atoms with van der Waals surface area (Å²) in [5.74, 6) is 5.05. The molecule has 0 radical (unpaired) electrons. The Morgan fingerprint density at radius 2 is 2.05 bits per heavy atom. The first kappa shape index (κ1) is 30.8. The second kappa shape index (κ2) is 12.5. The number of esters is 1. The Morgan fingerprint density at radius 1 is 1.32 bits per heavy atom. The lowest BCUT2D eigenvalue weighted by molar-refractivity contribution is -0.205. The molecule has 44 heavy (non-hydrogen) atoms. The van der Waals surface area contributed by atoms with E-state index in [2.05, 4.69) is 37.4 Å². The minimum atomic E-state index is -4.53. The zero-order valence-electron chi connectivity index (χ0n) is 23.9. The number of nitrogen functional groups attached to an aromatic ring is 1. The molecule has 1 fully saturated rings. The van der Waals surface area contributed by atoms with Gasteiger partial charge in [-0.25, -0.2) is 9.78 Å². The topological polar surface area (TPSA) is 224 Å². The van der Waals surface area contributed by atoms with Crippen molar-refractivity contribution in [2.75, 3.05) is 43.7 Å². The first-order valence-corrected chi connectivity index (χ1v) is 14.9. The van der Waals surface area contributed by atoms with E-state index in [1.54, 1.807) is 26.2 Å². The van der Waals surface area contributed by atoms with E-state index in [4.69, 9.17) is 19.7 Å². The number of nitrogens with one attached hydrogen (secondary N) is 3. The summed E-state index contributed by atoms with van der Waals surface area (Å²) in [6, 6.07) is 5.11. The molecule has 6 N–H and O–H groups in total. The molecule has 2 unspecified atom stereocenters. The summed E-state index contributed by atoms with van der Waals surface area (Å²) >= 11 is 0. The van der Waals surface area contributed by atoms with Crippen LogP contribution in [-0.4, -0.2) is 74.4 Å². The minimum Gasteiger partial charge on any atom is -0.761 e. The highest BCUT2D eigenvalue weighted by molar-refractivity contribution is 7.49. The van der Waals surface area contributed by atoms with E-state index in [1.807, 2.05) is 6.07 Å². The van der Waals surface area contributed by atoms with E-state index in [0.29, 0.717) is 5.56 Å². The lowest BCUT2D eigenvalue weighted by Crippen LogP contribution is -2.28. The molecule has 5 rings (SSSR count). The number of hydrogen-bond donors (Lipinski definition) is 5. The van der Waals surface area contributed by atoms with Crippen molar-refractivity contribution in [3.8, 4) is 11.8 Å². The molecule has 1 aliphatic rings. The molecule has 3 aromatic heterocycles. The number of ether oxygens (including phenoxy) is 2. The van der Waals surface area contributed by atoms with Crippen LogP contribution in [0.1, 0.15) is 34.4 Å². The van der Waals surface area contributed by atoms with Gasteiger partial charge in [-0.05, 0) is 25.1 Å². The van der Waals surface area contributed by atoms with Crippen LogP contribution in [0, 0.1) is 18.8 Å². The van der Waals surface area contributed by atoms with Gasteiger partial charge >= 0.3 is 5.97 Å². The highest BCUT2D eigenvalue weighted by atomic mass is 31.2. The Labute approximate surface area is 250 Å². The van der Waals surface area contributed by atoms with Crippen molar-refractivity contribution >= 4 is 42.1 Å². The molecular formula is C27H30N8O8P-. The average Bonchev–Trinajstić information content (AvgIpc) is 3.70. The molecule has 1 aliphatic heterocycles. The van der Waals surface area contributed by atoms with Gasteiger partial charge in [0.15, 0.2) is 12.3 Å². The number of carbonyl (C=O) groups excluding carboxylic acids is 1. The largest absolute Gasteiger partial charge is 0.761 e. The fourth-order valence-electron chi connectivity index (χ4n) is 4.73. The van der Waals surface area contributed by atoms with Gasteiger partial charge in [0.25, 0.3) is 5.56 Å². The molecular weight excluding hydrogens is 595 g/mol. The molecule has 4 aromatic rings. The van der Waals surface area contributed by atoms with Crippen molar-refractivity contribution in [3.63, 3.8) is 0 Å². The summed E-state index contributed by atoms with van der Waals surface area (Å²) in [6.07, 6.45) is 1.15. The first-order chi connectivity index (χ1) is 21.0. The number of anilines is 3. The Kier molecular flexibility index (Phi) is 8.77. The van der Waals surface area contributed by atoms with Crippen molar-refractivity contribution in [1.29, 1.82) is 0 Å². The molecule has 0 bridgehead atoms. The number of aryl methyl sites for hydroxylation is 1. The fraction of sp³-hybridized carbons (Fsp3) is 0.333. The third-order valence-electron chi connectivity index (χ3n) is 6.93. The normalized spacial score (nSPS) is 19.2. The number of aliphatic hydroxyl groups excluding tert-OH is 1. The highest BCUT2D eigenvalue weighted by Gasteiger charge is 2.37. The molecule has 17 heteroatoms. The van der Waals surface area contributed by atoms with Gasteiger partial charge in [0.2, 0.25) is 13.7 Å². The molecule has 0 aliphatic carbocycles. The van der Waals surface area contributed by atoms with Crippen molar-refractivity contribution in [2.24, 2.45) is 0 Å². The van der Waals surface area contributed by atoms with Crippen LogP contribution in [0.5, 0.6) is 0 Å². The number of nitrogens with zero attached hydrogens (tertiary/aromatic N) is 4. The van der Waals surface area contributed by atoms with Gasteiger partial charge in [-0.2, -0.15) is 4.98 Å². The first-order valence-electron chi connectivity index (χ1n) is 13.4. The van der Waals surface area contributed by atoms with Gasteiger partial charge in [0, 0.05) is 50.5 Å². The standard InChI is InChI=1S/C27H31N8O8P/c1-15-31-6-7-35(15)44(39,40)42-14-21-20(36)12-22(43-21)34-13-16(23-24(34)32-27(28)33-25(23)37)5-4-8-41-26(38)17-9-18(29-2)11-19(10-17)30-3/h6-7,9-11,13,20-22,29-30,36H,8,12,14H2,1-3H3,(H,39,40)(H3,28,32,33,37)/p-1/t20?,21-,22-/m1/s1. The monoisotopic (exact) mass is 625 g/mol. The van der Waals surface area contributed by atoms with Crippen LogP contribution in [0.2, 0.25) is 0 Å². The van der Waals surface area contributed by atoms with Crippen LogP contribution < -0.4 is 26.8 Å². The maximum atomic E-state index is 12.8. The summed E-state index contributed by atoms with van der Waals surface area (Å²) < 4.78 is 31.3. The van der Waals surface area contributed by atoms with Gasteiger partial charge in [0.05, 0.1) is 29.2 Å². The van der Waals surface area contributed by atoms with Crippen LogP contribution in [-0.2, 0) is 18.6 Å². The number of imidazole rings is 1. The Bertz CT molecular complexity index is 1850. The molecule has 0 spiro atoms. The predicted molar refractivity (Wildman–Crippen MR) is 158 cm³/mol. The number of hydrogen-bond acceptors (Lipinski definition) is 13.